The fourth-order valence-corrected chi connectivity index (χ4v) is 4.11. The lowest BCUT2D eigenvalue weighted by molar-refractivity contribution is 0.0568. The molecule has 0 spiro atoms. The summed E-state index contributed by atoms with van der Waals surface area (Å²) >= 11 is 3.66. The summed E-state index contributed by atoms with van der Waals surface area (Å²) in [5, 5.41) is 0. The molecular formula is C18H29BrN2. The Balaban J connectivity index is 2.02. The van der Waals surface area contributed by atoms with E-state index in [1.807, 2.05) is 0 Å². The Labute approximate surface area is 138 Å². The van der Waals surface area contributed by atoms with Gasteiger partial charge in [0.2, 0.25) is 0 Å². The van der Waals surface area contributed by atoms with E-state index < -0.39 is 0 Å². The molecule has 1 aliphatic rings. The zero-order chi connectivity index (χ0) is 15.3. The lowest BCUT2D eigenvalue weighted by atomic mass is 9.74. The molecule has 0 aliphatic heterocycles. The van der Waals surface area contributed by atoms with Gasteiger partial charge >= 0.3 is 0 Å². The number of likely N-dealkylation sites (N-methyl/N-ethyl adjacent to an activating group) is 1. The minimum absolute atomic E-state index is 0.194. The molecule has 1 fully saturated rings. The summed E-state index contributed by atoms with van der Waals surface area (Å²) in [5.41, 5.74) is 7.74. The van der Waals surface area contributed by atoms with E-state index in [0.717, 1.165) is 19.0 Å². The van der Waals surface area contributed by atoms with Crippen molar-refractivity contribution in [3.8, 4) is 0 Å². The van der Waals surface area contributed by atoms with Crippen LogP contribution in [0.1, 0.15) is 51.0 Å². The van der Waals surface area contributed by atoms with Gasteiger partial charge in [-0.25, -0.2) is 0 Å². The number of nitrogens with two attached hydrogens (primary N) is 1. The van der Waals surface area contributed by atoms with Crippen molar-refractivity contribution in [2.45, 2.75) is 57.5 Å². The van der Waals surface area contributed by atoms with Crippen molar-refractivity contribution in [1.82, 2.24) is 4.90 Å². The van der Waals surface area contributed by atoms with Gasteiger partial charge in [-0.1, -0.05) is 53.9 Å². The van der Waals surface area contributed by atoms with Gasteiger partial charge in [-0.15, -0.1) is 0 Å². The largest absolute Gasteiger partial charge is 0.329 e. The normalized spacial score (nSPS) is 26.2. The summed E-state index contributed by atoms with van der Waals surface area (Å²) in [6.07, 6.45) is 7.86. The van der Waals surface area contributed by atoms with Crippen LogP contribution in [0.3, 0.4) is 0 Å². The summed E-state index contributed by atoms with van der Waals surface area (Å²) in [5.74, 6) is 0.923. The molecule has 0 atom stereocenters. The van der Waals surface area contributed by atoms with Crippen LogP contribution in [0.5, 0.6) is 0 Å². The first kappa shape index (κ1) is 17.0. The third kappa shape index (κ3) is 4.08. The van der Waals surface area contributed by atoms with Gasteiger partial charge in [-0.05, 0) is 50.3 Å². The Morgan fingerprint density at radius 3 is 2.52 bits per heavy atom. The first-order valence-corrected chi connectivity index (χ1v) is 9.05. The summed E-state index contributed by atoms with van der Waals surface area (Å²) in [7, 11) is 2.24. The number of rotatable bonds is 6. The highest BCUT2D eigenvalue weighted by molar-refractivity contribution is 9.10. The molecule has 2 nitrogen and oxygen atoms in total. The van der Waals surface area contributed by atoms with Gasteiger partial charge in [0.1, 0.15) is 0 Å². The van der Waals surface area contributed by atoms with Gasteiger partial charge in [-0.3, -0.25) is 4.90 Å². The first-order chi connectivity index (χ1) is 10.1. The van der Waals surface area contributed by atoms with Gasteiger partial charge in [0.05, 0.1) is 0 Å². The van der Waals surface area contributed by atoms with Crippen LogP contribution in [0.4, 0.5) is 0 Å². The molecule has 21 heavy (non-hydrogen) atoms. The van der Waals surface area contributed by atoms with Crippen LogP contribution in [-0.2, 0) is 6.54 Å². The van der Waals surface area contributed by atoms with Gasteiger partial charge in [0.15, 0.2) is 0 Å². The number of halogens is 1. The molecule has 118 valence electrons. The zero-order valence-corrected chi connectivity index (χ0v) is 15.0. The van der Waals surface area contributed by atoms with Crippen LogP contribution in [0.15, 0.2) is 28.7 Å². The molecule has 1 aromatic carbocycles. The van der Waals surface area contributed by atoms with Crippen molar-refractivity contribution in [2.75, 3.05) is 13.6 Å². The number of benzene rings is 1. The third-order valence-corrected chi connectivity index (χ3v) is 6.06. The molecule has 1 saturated carbocycles. The van der Waals surface area contributed by atoms with Crippen molar-refractivity contribution in [3.05, 3.63) is 34.3 Å². The Morgan fingerprint density at radius 1 is 1.29 bits per heavy atom. The summed E-state index contributed by atoms with van der Waals surface area (Å²) < 4.78 is 1.20. The molecule has 2 N–H and O–H groups in total. The second kappa shape index (κ2) is 7.75. The number of hydrogen-bond acceptors (Lipinski definition) is 2. The molecule has 0 bridgehead atoms. The molecule has 0 amide bonds. The average molecular weight is 353 g/mol. The Morgan fingerprint density at radius 2 is 1.95 bits per heavy atom. The highest BCUT2D eigenvalue weighted by Crippen LogP contribution is 2.38. The third-order valence-electron chi connectivity index (χ3n) is 5.29. The monoisotopic (exact) mass is 352 g/mol. The Kier molecular flexibility index (Phi) is 6.27. The minimum atomic E-state index is 0.194. The van der Waals surface area contributed by atoms with Gasteiger partial charge < -0.3 is 5.73 Å². The van der Waals surface area contributed by atoms with E-state index >= 15 is 0 Å². The maximum atomic E-state index is 6.20. The van der Waals surface area contributed by atoms with Crippen LogP contribution >= 0.6 is 15.9 Å². The molecular weight excluding hydrogens is 324 g/mol. The van der Waals surface area contributed by atoms with Gasteiger partial charge in [0.25, 0.3) is 0 Å². The van der Waals surface area contributed by atoms with E-state index in [9.17, 15) is 0 Å². The lowest BCUT2D eigenvalue weighted by Gasteiger charge is -2.46. The average Bonchev–Trinajstić information content (AvgIpc) is 2.51. The maximum Gasteiger partial charge on any atom is 0.0332 e. The van der Waals surface area contributed by atoms with Crippen LogP contribution in [0.25, 0.3) is 0 Å². The molecule has 1 aliphatic carbocycles. The molecule has 0 unspecified atom stereocenters. The Hall–Kier alpha value is -0.380. The Bertz CT molecular complexity index is 439. The fourth-order valence-electron chi connectivity index (χ4n) is 3.70. The van der Waals surface area contributed by atoms with E-state index in [2.05, 4.69) is 59.1 Å². The molecule has 2 rings (SSSR count). The van der Waals surface area contributed by atoms with Crippen LogP contribution in [-0.4, -0.2) is 24.0 Å². The number of hydrogen-bond donors (Lipinski definition) is 1. The number of nitrogens with zero attached hydrogens (tertiary/aromatic N) is 1. The summed E-state index contributed by atoms with van der Waals surface area (Å²) in [4.78, 5) is 2.50. The highest BCUT2D eigenvalue weighted by Gasteiger charge is 2.37. The standard InChI is InChI=1S/C18H29BrN2/c1-3-6-15-9-11-18(14-20,12-10-15)21(2)13-16-7-4-5-8-17(16)19/h4-5,7-8,15H,3,6,9-14,20H2,1-2H3. The predicted molar refractivity (Wildman–Crippen MR) is 94.3 cm³/mol. The van der Waals surface area contributed by atoms with E-state index in [0.29, 0.717) is 0 Å². The molecule has 0 saturated heterocycles. The van der Waals surface area contributed by atoms with E-state index in [1.54, 1.807) is 0 Å². The van der Waals surface area contributed by atoms with E-state index in [4.69, 9.17) is 5.73 Å². The van der Waals surface area contributed by atoms with E-state index in [1.165, 1.54) is 48.6 Å². The topological polar surface area (TPSA) is 29.3 Å². The predicted octanol–water partition coefficient (Wildman–Crippen LogP) is 4.57. The van der Waals surface area contributed by atoms with Gasteiger partial charge in [-0.2, -0.15) is 0 Å². The molecule has 3 heteroatoms. The SMILES string of the molecule is CCCC1CCC(CN)(N(C)Cc2ccccc2Br)CC1. The molecule has 0 heterocycles. The molecule has 1 aromatic rings. The maximum absolute atomic E-state index is 6.20. The zero-order valence-electron chi connectivity index (χ0n) is 13.4. The first-order valence-electron chi connectivity index (χ1n) is 8.26. The molecule has 0 radical (unpaired) electrons. The second-order valence-electron chi connectivity index (χ2n) is 6.61. The summed E-state index contributed by atoms with van der Waals surface area (Å²) in [6.45, 7) is 4.04. The minimum Gasteiger partial charge on any atom is -0.329 e. The fraction of sp³-hybridized carbons (Fsp3) is 0.667. The van der Waals surface area contributed by atoms with Crippen molar-refractivity contribution in [3.63, 3.8) is 0 Å². The van der Waals surface area contributed by atoms with Crippen LogP contribution in [0.2, 0.25) is 0 Å². The van der Waals surface area contributed by atoms with Crippen LogP contribution in [0, 0.1) is 5.92 Å². The smallest absolute Gasteiger partial charge is 0.0332 e. The van der Waals surface area contributed by atoms with Crippen molar-refractivity contribution >= 4 is 15.9 Å². The molecule has 0 aromatic heterocycles. The highest BCUT2D eigenvalue weighted by atomic mass is 79.9. The quantitative estimate of drug-likeness (QED) is 0.812. The van der Waals surface area contributed by atoms with Crippen molar-refractivity contribution in [1.29, 1.82) is 0 Å². The lowest BCUT2D eigenvalue weighted by Crippen LogP contribution is -2.53. The van der Waals surface area contributed by atoms with Crippen molar-refractivity contribution in [2.24, 2.45) is 11.7 Å². The van der Waals surface area contributed by atoms with Gasteiger partial charge in [0, 0.05) is 23.1 Å². The van der Waals surface area contributed by atoms with Crippen molar-refractivity contribution < 1.29 is 0 Å². The van der Waals surface area contributed by atoms with E-state index in [-0.39, 0.29) is 5.54 Å². The summed E-state index contributed by atoms with van der Waals surface area (Å²) in [6, 6.07) is 8.51. The second-order valence-corrected chi connectivity index (χ2v) is 7.46. The van der Waals surface area contributed by atoms with Crippen LogP contribution < -0.4 is 5.73 Å².